The first-order valence-corrected chi connectivity index (χ1v) is 5.28. The van der Waals surface area contributed by atoms with Gasteiger partial charge in [-0.2, -0.15) is 4.98 Å². The quantitative estimate of drug-likeness (QED) is 0.557. The van der Waals surface area contributed by atoms with Gasteiger partial charge < -0.3 is 9.64 Å². The molecule has 2 heterocycles. The monoisotopic (exact) mass is 223 g/mol. The zero-order chi connectivity index (χ0) is 11.6. The Morgan fingerprint density at radius 2 is 2.38 bits per heavy atom. The van der Waals surface area contributed by atoms with Gasteiger partial charge in [0.05, 0.1) is 18.8 Å². The standard InChI is InChI=1S/C10H17N5O/c1-10(2)7-16-6-5-15(10)8-3-4-12-9(13-8)14-11/h3-4H,5-7,11H2,1-2H3,(H,12,13,14). The first-order chi connectivity index (χ1) is 7.63. The third-order valence-corrected chi connectivity index (χ3v) is 2.69. The number of nitrogens with two attached hydrogens (primary N) is 1. The topological polar surface area (TPSA) is 76.3 Å². The van der Waals surface area contributed by atoms with Crippen LogP contribution in [0.25, 0.3) is 0 Å². The average molecular weight is 223 g/mol. The highest BCUT2D eigenvalue weighted by Crippen LogP contribution is 2.25. The van der Waals surface area contributed by atoms with Crippen molar-refractivity contribution in [2.45, 2.75) is 19.4 Å². The van der Waals surface area contributed by atoms with Crippen LogP contribution in [0.15, 0.2) is 12.3 Å². The second kappa shape index (κ2) is 4.23. The number of nitrogen functional groups attached to an aromatic ring is 1. The molecule has 1 aliphatic rings. The van der Waals surface area contributed by atoms with Crippen molar-refractivity contribution in [3.63, 3.8) is 0 Å². The minimum atomic E-state index is -0.0571. The molecule has 88 valence electrons. The second-order valence-electron chi connectivity index (χ2n) is 4.40. The van der Waals surface area contributed by atoms with Crippen LogP contribution in [0.5, 0.6) is 0 Å². The second-order valence-corrected chi connectivity index (χ2v) is 4.40. The van der Waals surface area contributed by atoms with Gasteiger partial charge >= 0.3 is 0 Å². The fourth-order valence-electron chi connectivity index (χ4n) is 1.85. The molecule has 0 radical (unpaired) electrons. The van der Waals surface area contributed by atoms with Gasteiger partial charge in [0.1, 0.15) is 5.82 Å². The summed E-state index contributed by atoms with van der Waals surface area (Å²) in [7, 11) is 0. The fraction of sp³-hybridized carbons (Fsp3) is 0.600. The molecule has 16 heavy (non-hydrogen) atoms. The molecule has 3 N–H and O–H groups in total. The van der Waals surface area contributed by atoms with Gasteiger partial charge in [0.25, 0.3) is 0 Å². The van der Waals surface area contributed by atoms with Crippen LogP contribution in [0.3, 0.4) is 0 Å². The summed E-state index contributed by atoms with van der Waals surface area (Å²) in [5, 5.41) is 0. The van der Waals surface area contributed by atoms with E-state index in [4.69, 9.17) is 10.6 Å². The Bertz CT molecular complexity index is 368. The molecule has 0 amide bonds. The molecule has 1 fully saturated rings. The van der Waals surface area contributed by atoms with Gasteiger partial charge in [-0.25, -0.2) is 10.8 Å². The Hall–Kier alpha value is -1.40. The summed E-state index contributed by atoms with van der Waals surface area (Å²) in [6.07, 6.45) is 1.70. The molecule has 0 saturated carbocycles. The zero-order valence-electron chi connectivity index (χ0n) is 9.60. The Kier molecular flexibility index (Phi) is 2.93. The number of hydrogen-bond acceptors (Lipinski definition) is 6. The molecule has 6 nitrogen and oxygen atoms in total. The molecule has 1 aromatic rings. The van der Waals surface area contributed by atoms with Crippen LogP contribution in [0.2, 0.25) is 0 Å². The number of aromatic nitrogens is 2. The molecular weight excluding hydrogens is 206 g/mol. The number of rotatable bonds is 2. The van der Waals surface area contributed by atoms with Gasteiger partial charge in [0.15, 0.2) is 0 Å². The Morgan fingerprint density at radius 3 is 3.06 bits per heavy atom. The van der Waals surface area contributed by atoms with Crippen molar-refractivity contribution in [3.8, 4) is 0 Å². The van der Waals surface area contributed by atoms with Gasteiger partial charge in [-0.15, -0.1) is 0 Å². The number of hydrogen-bond donors (Lipinski definition) is 2. The summed E-state index contributed by atoms with van der Waals surface area (Å²) in [6, 6.07) is 1.88. The minimum absolute atomic E-state index is 0.0571. The van der Waals surface area contributed by atoms with Crippen LogP contribution in [0, 0.1) is 0 Å². The molecule has 6 heteroatoms. The van der Waals surface area contributed by atoms with E-state index in [2.05, 4.69) is 34.1 Å². The van der Waals surface area contributed by atoms with E-state index in [-0.39, 0.29) is 5.54 Å². The number of ether oxygens (including phenoxy) is 1. The smallest absolute Gasteiger partial charge is 0.239 e. The predicted molar refractivity (Wildman–Crippen MR) is 62.1 cm³/mol. The van der Waals surface area contributed by atoms with E-state index in [0.717, 1.165) is 19.0 Å². The maximum atomic E-state index is 5.47. The van der Waals surface area contributed by atoms with Crippen LogP contribution in [-0.2, 0) is 4.74 Å². The number of anilines is 2. The Morgan fingerprint density at radius 1 is 1.56 bits per heavy atom. The third kappa shape index (κ3) is 2.07. The van der Waals surface area contributed by atoms with Gasteiger partial charge in [-0.05, 0) is 19.9 Å². The van der Waals surface area contributed by atoms with Crippen LogP contribution in [-0.4, -0.2) is 35.3 Å². The lowest BCUT2D eigenvalue weighted by Crippen LogP contribution is -2.53. The van der Waals surface area contributed by atoms with Gasteiger partial charge in [0.2, 0.25) is 5.95 Å². The third-order valence-electron chi connectivity index (χ3n) is 2.69. The molecule has 0 aliphatic carbocycles. The predicted octanol–water partition coefficient (Wildman–Crippen LogP) is 0.377. The van der Waals surface area contributed by atoms with E-state index in [1.54, 1.807) is 6.20 Å². The molecule has 1 aliphatic heterocycles. The van der Waals surface area contributed by atoms with E-state index in [1.165, 1.54) is 0 Å². The SMILES string of the molecule is CC1(C)COCCN1c1ccnc(NN)n1. The highest BCUT2D eigenvalue weighted by Gasteiger charge is 2.31. The lowest BCUT2D eigenvalue weighted by atomic mass is 10.0. The van der Waals surface area contributed by atoms with E-state index in [1.807, 2.05) is 6.07 Å². The fourth-order valence-corrected chi connectivity index (χ4v) is 1.85. The van der Waals surface area contributed by atoms with Crippen molar-refractivity contribution < 1.29 is 4.74 Å². The highest BCUT2D eigenvalue weighted by molar-refractivity contribution is 5.45. The first kappa shape index (κ1) is 11.1. The molecule has 1 aromatic heterocycles. The zero-order valence-corrected chi connectivity index (χ0v) is 9.60. The van der Waals surface area contributed by atoms with Crippen molar-refractivity contribution >= 4 is 11.8 Å². The van der Waals surface area contributed by atoms with Crippen LogP contribution >= 0.6 is 0 Å². The molecule has 1 saturated heterocycles. The van der Waals surface area contributed by atoms with Gasteiger partial charge in [-0.1, -0.05) is 0 Å². The van der Waals surface area contributed by atoms with Crippen molar-refractivity contribution in [3.05, 3.63) is 12.3 Å². The Balaban J connectivity index is 2.27. The summed E-state index contributed by atoms with van der Waals surface area (Å²) in [5.74, 6) is 6.60. The average Bonchev–Trinajstić information content (AvgIpc) is 2.28. The lowest BCUT2D eigenvalue weighted by Gasteiger charge is -2.42. The lowest BCUT2D eigenvalue weighted by molar-refractivity contribution is 0.0639. The molecule has 0 unspecified atom stereocenters. The summed E-state index contributed by atoms with van der Waals surface area (Å²) < 4.78 is 5.47. The maximum Gasteiger partial charge on any atom is 0.239 e. The molecular formula is C10H17N5O. The highest BCUT2D eigenvalue weighted by atomic mass is 16.5. The van der Waals surface area contributed by atoms with Crippen molar-refractivity contribution in [2.75, 3.05) is 30.1 Å². The van der Waals surface area contributed by atoms with Gasteiger partial charge in [0, 0.05) is 12.7 Å². The van der Waals surface area contributed by atoms with E-state index < -0.39 is 0 Å². The molecule has 0 bridgehead atoms. The Labute approximate surface area is 94.8 Å². The first-order valence-electron chi connectivity index (χ1n) is 5.28. The normalized spacial score (nSPS) is 19.6. The number of nitrogens with one attached hydrogen (secondary N) is 1. The van der Waals surface area contributed by atoms with Crippen molar-refractivity contribution in [1.82, 2.24) is 9.97 Å². The molecule has 2 rings (SSSR count). The number of nitrogens with zero attached hydrogens (tertiary/aromatic N) is 3. The van der Waals surface area contributed by atoms with E-state index >= 15 is 0 Å². The van der Waals surface area contributed by atoms with Crippen LogP contribution in [0.1, 0.15) is 13.8 Å². The molecule has 0 spiro atoms. The maximum absolute atomic E-state index is 5.47. The molecule has 0 aromatic carbocycles. The number of morpholine rings is 1. The molecule has 0 atom stereocenters. The summed E-state index contributed by atoms with van der Waals surface area (Å²) >= 11 is 0. The summed E-state index contributed by atoms with van der Waals surface area (Å²) in [5.41, 5.74) is 2.40. The van der Waals surface area contributed by atoms with Crippen LogP contribution in [0.4, 0.5) is 11.8 Å². The summed E-state index contributed by atoms with van der Waals surface area (Å²) in [6.45, 7) is 6.50. The van der Waals surface area contributed by atoms with Crippen molar-refractivity contribution in [1.29, 1.82) is 0 Å². The summed E-state index contributed by atoms with van der Waals surface area (Å²) in [4.78, 5) is 10.5. The van der Waals surface area contributed by atoms with Gasteiger partial charge in [-0.3, -0.25) is 5.43 Å². The number of hydrazine groups is 1. The van der Waals surface area contributed by atoms with Crippen LogP contribution < -0.4 is 16.2 Å². The van der Waals surface area contributed by atoms with E-state index in [0.29, 0.717) is 12.6 Å². The minimum Gasteiger partial charge on any atom is -0.377 e. The largest absolute Gasteiger partial charge is 0.377 e. The van der Waals surface area contributed by atoms with E-state index in [9.17, 15) is 0 Å². The van der Waals surface area contributed by atoms with Crippen molar-refractivity contribution in [2.24, 2.45) is 5.84 Å².